The molecule has 0 aliphatic heterocycles. The van der Waals surface area contributed by atoms with Gasteiger partial charge in [-0.3, -0.25) is 4.79 Å². The first-order chi connectivity index (χ1) is 6.99. The number of amides is 1. The van der Waals surface area contributed by atoms with Gasteiger partial charge in [-0.2, -0.15) is 0 Å². The van der Waals surface area contributed by atoms with Crippen molar-refractivity contribution in [3.63, 3.8) is 0 Å². The smallest absolute Gasteiger partial charge is 0.261 e. The molecule has 1 aromatic rings. The molecule has 1 unspecified atom stereocenters. The van der Waals surface area contributed by atoms with E-state index in [-0.39, 0.29) is 11.9 Å². The molecular formula is C11H16BrNOS. The molecule has 0 aliphatic carbocycles. The third-order valence-corrected chi connectivity index (χ3v) is 3.62. The Morgan fingerprint density at radius 2 is 2.13 bits per heavy atom. The van der Waals surface area contributed by atoms with E-state index < -0.39 is 0 Å². The zero-order valence-corrected chi connectivity index (χ0v) is 11.6. The van der Waals surface area contributed by atoms with Gasteiger partial charge in [0.25, 0.3) is 5.91 Å². The molecule has 1 N–H and O–H groups in total. The van der Waals surface area contributed by atoms with Crippen LogP contribution >= 0.6 is 27.3 Å². The molecule has 15 heavy (non-hydrogen) atoms. The number of nitrogens with one attached hydrogen (secondary N) is 1. The Morgan fingerprint density at radius 3 is 2.60 bits per heavy atom. The average molecular weight is 290 g/mol. The summed E-state index contributed by atoms with van der Waals surface area (Å²) in [5.74, 6) is 0.634. The zero-order chi connectivity index (χ0) is 11.4. The van der Waals surface area contributed by atoms with Crippen molar-refractivity contribution in [1.29, 1.82) is 0 Å². The van der Waals surface area contributed by atoms with Gasteiger partial charge in [-0.25, -0.2) is 0 Å². The summed E-state index contributed by atoms with van der Waals surface area (Å²) in [6.45, 7) is 6.36. The molecular weight excluding hydrogens is 274 g/mol. The van der Waals surface area contributed by atoms with Gasteiger partial charge in [-0.05, 0) is 47.3 Å². The minimum Gasteiger partial charge on any atom is -0.349 e. The fourth-order valence-corrected chi connectivity index (χ4v) is 2.79. The molecule has 84 valence electrons. The molecule has 0 aromatic carbocycles. The third-order valence-electron chi connectivity index (χ3n) is 2.00. The van der Waals surface area contributed by atoms with Gasteiger partial charge in [0, 0.05) is 6.04 Å². The Morgan fingerprint density at radius 1 is 1.47 bits per heavy atom. The molecule has 0 saturated carbocycles. The van der Waals surface area contributed by atoms with Crippen molar-refractivity contribution >= 4 is 33.2 Å². The van der Waals surface area contributed by atoms with E-state index in [1.54, 1.807) is 0 Å². The quantitative estimate of drug-likeness (QED) is 0.900. The topological polar surface area (TPSA) is 29.1 Å². The van der Waals surface area contributed by atoms with Crippen molar-refractivity contribution in [1.82, 2.24) is 5.32 Å². The maximum absolute atomic E-state index is 11.7. The highest BCUT2D eigenvalue weighted by Gasteiger charge is 2.12. The summed E-state index contributed by atoms with van der Waals surface area (Å²) < 4.78 is 0.990. The number of halogens is 1. The van der Waals surface area contributed by atoms with Gasteiger partial charge in [-0.1, -0.05) is 13.8 Å². The van der Waals surface area contributed by atoms with Crippen LogP contribution in [0.2, 0.25) is 0 Å². The lowest BCUT2D eigenvalue weighted by molar-refractivity contribution is 0.0940. The number of rotatable bonds is 4. The first kappa shape index (κ1) is 12.7. The minimum absolute atomic E-state index is 0.0267. The van der Waals surface area contributed by atoms with E-state index in [0.717, 1.165) is 15.1 Å². The van der Waals surface area contributed by atoms with E-state index in [1.165, 1.54) is 11.3 Å². The lowest BCUT2D eigenvalue weighted by atomic mass is 10.1. The van der Waals surface area contributed by atoms with E-state index >= 15 is 0 Å². The van der Waals surface area contributed by atoms with Crippen LogP contribution in [0.5, 0.6) is 0 Å². The fraction of sp³-hybridized carbons (Fsp3) is 0.545. The minimum atomic E-state index is 0.0267. The Hall–Kier alpha value is -0.350. The van der Waals surface area contributed by atoms with Crippen LogP contribution < -0.4 is 5.32 Å². The van der Waals surface area contributed by atoms with Crippen molar-refractivity contribution in [2.75, 3.05) is 0 Å². The summed E-state index contributed by atoms with van der Waals surface area (Å²) in [6.07, 6.45) is 1.01. The number of carbonyl (C=O) groups excluding carboxylic acids is 1. The Bertz CT molecular complexity index is 335. The van der Waals surface area contributed by atoms with Gasteiger partial charge >= 0.3 is 0 Å². The van der Waals surface area contributed by atoms with Crippen molar-refractivity contribution < 1.29 is 4.79 Å². The number of hydrogen-bond acceptors (Lipinski definition) is 2. The number of carbonyl (C=O) groups is 1. The lowest BCUT2D eigenvalue weighted by Crippen LogP contribution is -2.32. The molecule has 1 aromatic heterocycles. The van der Waals surface area contributed by atoms with E-state index in [9.17, 15) is 4.79 Å². The Balaban J connectivity index is 2.49. The largest absolute Gasteiger partial charge is 0.349 e. The van der Waals surface area contributed by atoms with Gasteiger partial charge < -0.3 is 5.32 Å². The van der Waals surface area contributed by atoms with Crippen molar-refractivity contribution in [3.8, 4) is 0 Å². The van der Waals surface area contributed by atoms with E-state index in [4.69, 9.17) is 0 Å². The highest BCUT2D eigenvalue weighted by molar-refractivity contribution is 9.11. The molecule has 2 nitrogen and oxygen atoms in total. The summed E-state index contributed by atoms with van der Waals surface area (Å²) in [5.41, 5.74) is 0. The summed E-state index contributed by atoms with van der Waals surface area (Å²) in [5, 5.41) is 2.99. The predicted molar refractivity (Wildman–Crippen MR) is 68.4 cm³/mol. The second-order valence-electron chi connectivity index (χ2n) is 4.11. The molecule has 0 bridgehead atoms. The average Bonchev–Trinajstić information content (AvgIpc) is 2.49. The second-order valence-corrected chi connectivity index (χ2v) is 6.57. The standard InChI is InChI=1S/C11H16BrNOS/c1-7(2)6-8(3)13-11(14)9-4-5-10(12)15-9/h4-5,7-8H,6H2,1-3H3,(H,13,14). The molecule has 1 amide bonds. The number of hydrogen-bond donors (Lipinski definition) is 1. The van der Waals surface area contributed by atoms with Crippen LogP contribution in [0, 0.1) is 5.92 Å². The van der Waals surface area contributed by atoms with Gasteiger partial charge in [0.1, 0.15) is 0 Å². The molecule has 1 heterocycles. The van der Waals surface area contributed by atoms with Gasteiger partial charge in [0.05, 0.1) is 8.66 Å². The van der Waals surface area contributed by atoms with Crippen molar-refractivity contribution in [2.45, 2.75) is 33.2 Å². The second kappa shape index (κ2) is 5.66. The first-order valence-corrected chi connectivity index (χ1v) is 6.66. The Kier molecular flexibility index (Phi) is 4.80. The summed E-state index contributed by atoms with van der Waals surface area (Å²) in [4.78, 5) is 12.5. The number of thiophene rings is 1. The van der Waals surface area contributed by atoms with Crippen molar-refractivity contribution in [2.24, 2.45) is 5.92 Å². The van der Waals surface area contributed by atoms with E-state index in [1.807, 2.05) is 19.1 Å². The van der Waals surface area contributed by atoms with E-state index in [2.05, 4.69) is 35.1 Å². The van der Waals surface area contributed by atoms with Crippen LogP contribution in [0.15, 0.2) is 15.9 Å². The summed E-state index contributed by atoms with van der Waals surface area (Å²) >= 11 is 4.81. The SMILES string of the molecule is CC(C)CC(C)NC(=O)c1ccc(Br)s1. The van der Waals surface area contributed by atoms with Crippen LogP contribution in [0.4, 0.5) is 0 Å². The van der Waals surface area contributed by atoms with Gasteiger partial charge in [0.15, 0.2) is 0 Å². The van der Waals surface area contributed by atoms with E-state index in [0.29, 0.717) is 5.92 Å². The van der Waals surface area contributed by atoms with Crippen LogP contribution in [0.25, 0.3) is 0 Å². The summed E-state index contributed by atoms with van der Waals surface area (Å²) in [7, 11) is 0. The Labute approximate surface area is 103 Å². The fourth-order valence-electron chi connectivity index (χ4n) is 1.50. The highest BCUT2D eigenvalue weighted by atomic mass is 79.9. The first-order valence-electron chi connectivity index (χ1n) is 5.05. The van der Waals surface area contributed by atoms with Crippen LogP contribution in [0.1, 0.15) is 36.9 Å². The normalized spacial score (nSPS) is 12.9. The molecule has 1 atom stereocenters. The maximum atomic E-state index is 11.7. The molecule has 1 rings (SSSR count). The van der Waals surface area contributed by atoms with Gasteiger partial charge in [-0.15, -0.1) is 11.3 Å². The zero-order valence-electron chi connectivity index (χ0n) is 9.21. The van der Waals surface area contributed by atoms with Crippen LogP contribution in [-0.2, 0) is 0 Å². The van der Waals surface area contributed by atoms with Crippen LogP contribution in [-0.4, -0.2) is 11.9 Å². The van der Waals surface area contributed by atoms with Crippen molar-refractivity contribution in [3.05, 3.63) is 20.8 Å². The highest BCUT2D eigenvalue weighted by Crippen LogP contribution is 2.22. The molecule has 0 saturated heterocycles. The summed E-state index contributed by atoms with van der Waals surface area (Å²) in [6, 6.07) is 3.97. The third kappa shape index (κ3) is 4.34. The molecule has 4 heteroatoms. The maximum Gasteiger partial charge on any atom is 0.261 e. The molecule has 0 spiro atoms. The monoisotopic (exact) mass is 289 g/mol. The molecule has 0 fully saturated rings. The predicted octanol–water partition coefficient (Wildman–Crippen LogP) is 3.68. The van der Waals surface area contributed by atoms with Gasteiger partial charge in [0.2, 0.25) is 0 Å². The molecule has 0 radical (unpaired) electrons. The molecule has 0 aliphatic rings. The lowest BCUT2D eigenvalue weighted by Gasteiger charge is -2.15. The van der Waals surface area contributed by atoms with Crippen LogP contribution in [0.3, 0.4) is 0 Å².